The van der Waals surface area contributed by atoms with E-state index in [-0.39, 0.29) is 24.9 Å². The molecule has 0 saturated carbocycles. The summed E-state index contributed by atoms with van der Waals surface area (Å²) in [6.45, 7) is 1.13. The van der Waals surface area contributed by atoms with Crippen LogP contribution in [0.4, 0.5) is 0 Å². The molecule has 25 heavy (non-hydrogen) atoms. The number of aryl methyl sites for hydroxylation is 1. The number of fused-ring (bicyclic) bond motifs is 1. The first-order chi connectivity index (χ1) is 12.2. The maximum Gasteiger partial charge on any atom is 0.168 e. The van der Waals surface area contributed by atoms with Crippen LogP contribution in [0.3, 0.4) is 0 Å². The van der Waals surface area contributed by atoms with Crippen molar-refractivity contribution in [2.24, 2.45) is 5.92 Å². The monoisotopic (exact) mass is 361 g/mol. The van der Waals surface area contributed by atoms with Gasteiger partial charge in [0.2, 0.25) is 0 Å². The maximum absolute atomic E-state index is 12.5. The molecule has 1 aromatic carbocycles. The number of aliphatic hydroxyl groups is 2. The van der Waals surface area contributed by atoms with Gasteiger partial charge in [0.25, 0.3) is 0 Å². The normalized spacial score (nSPS) is 18.0. The van der Waals surface area contributed by atoms with Crippen molar-refractivity contribution in [3.63, 3.8) is 0 Å². The van der Waals surface area contributed by atoms with Crippen molar-refractivity contribution >= 4 is 17.1 Å². The number of benzene rings is 1. The number of hydrogen-bond donors (Lipinski definition) is 3. The Balaban J connectivity index is 1.42. The summed E-state index contributed by atoms with van der Waals surface area (Å²) in [5, 5.41) is 22.4. The van der Waals surface area contributed by atoms with E-state index in [1.165, 1.54) is 11.3 Å². The van der Waals surface area contributed by atoms with Gasteiger partial charge in [0.15, 0.2) is 5.78 Å². The molecule has 2 aromatic rings. The van der Waals surface area contributed by atoms with Gasteiger partial charge in [0, 0.05) is 34.3 Å². The minimum atomic E-state index is -0.628. The zero-order valence-electron chi connectivity index (χ0n) is 14.0. The number of rotatable bonds is 8. The van der Waals surface area contributed by atoms with Gasteiger partial charge >= 0.3 is 0 Å². The molecule has 1 aromatic heterocycles. The van der Waals surface area contributed by atoms with E-state index in [1.54, 1.807) is 0 Å². The van der Waals surface area contributed by atoms with Crippen LogP contribution in [0.15, 0.2) is 36.4 Å². The number of hydrogen-bond acceptors (Lipinski definition) is 6. The van der Waals surface area contributed by atoms with Crippen LogP contribution in [0.25, 0.3) is 0 Å². The van der Waals surface area contributed by atoms with Gasteiger partial charge in [-0.15, -0.1) is 11.3 Å². The number of Topliss-reactive ketones (excluding diaryl/α,β-unsaturated/α-hetero) is 1. The predicted molar refractivity (Wildman–Crippen MR) is 97.2 cm³/mol. The van der Waals surface area contributed by atoms with E-state index >= 15 is 0 Å². The third kappa shape index (κ3) is 4.67. The minimum absolute atomic E-state index is 0.0124. The third-order valence-electron chi connectivity index (χ3n) is 4.33. The van der Waals surface area contributed by atoms with E-state index in [4.69, 9.17) is 4.74 Å². The van der Waals surface area contributed by atoms with Crippen LogP contribution in [0.1, 0.15) is 26.5 Å². The molecule has 3 rings (SSSR count). The highest BCUT2D eigenvalue weighted by atomic mass is 32.1. The van der Waals surface area contributed by atoms with Gasteiger partial charge < -0.3 is 20.3 Å². The Hall–Kier alpha value is -1.73. The molecule has 3 N–H and O–H groups in total. The van der Waals surface area contributed by atoms with Gasteiger partial charge in [-0.1, -0.05) is 18.2 Å². The summed E-state index contributed by atoms with van der Waals surface area (Å²) >= 11 is 1.53. The Kier molecular flexibility index (Phi) is 6.20. The molecule has 6 heteroatoms. The van der Waals surface area contributed by atoms with Crippen LogP contribution in [0, 0.1) is 5.92 Å². The molecule has 0 aliphatic heterocycles. The Morgan fingerprint density at radius 1 is 1.32 bits per heavy atom. The van der Waals surface area contributed by atoms with Gasteiger partial charge in [0.05, 0.1) is 6.61 Å². The Morgan fingerprint density at radius 2 is 2.12 bits per heavy atom. The summed E-state index contributed by atoms with van der Waals surface area (Å²) in [6, 6.07) is 11.2. The third-order valence-corrected chi connectivity index (χ3v) is 5.51. The van der Waals surface area contributed by atoms with Crippen molar-refractivity contribution in [2.75, 3.05) is 19.7 Å². The number of thiophene rings is 1. The fraction of sp³-hybridized carbons (Fsp3) is 0.421. The highest BCUT2D eigenvalue weighted by Crippen LogP contribution is 2.32. The number of ketones is 1. The molecule has 1 heterocycles. The second-order valence-corrected chi connectivity index (χ2v) is 7.46. The molecule has 0 bridgehead atoms. The van der Waals surface area contributed by atoms with E-state index in [9.17, 15) is 15.0 Å². The average Bonchev–Trinajstić information content (AvgIpc) is 3.07. The predicted octanol–water partition coefficient (Wildman–Crippen LogP) is 2.02. The first-order valence-electron chi connectivity index (χ1n) is 8.50. The molecular weight excluding hydrogens is 338 g/mol. The second kappa shape index (κ2) is 8.58. The smallest absolute Gasteiger partial charge is 0.168 e. The molecule has 2 atom stereocenters. The van der Waals surface area contributed by atoms with Crippen molar-refractivity contribution < 1.29 is 19.7 Å². The van der Waals surface area contributed by atoms with E-state index < -0.39 is 6.10 Å². The van der Waals surface area contributed by atoms with Crippen molar-refractivity contribution in [1.82, 2.24) is 5.32 Å². The van der Waals surface area contributed by atoms with Gasteiger partial charge in [-0.25, -0.2) is 0 Å². The quantitative estimate of drug-likeness (QED) is 0.670. The minimum Gasteiger partial charge on any atom is -0.491 e. The van der Waals surface area contributed by atoms with Crippen LogP contribution < -0.4 is 10.1 Å². The fourth-order valence-electron chi connectivity index (χ4n) is 3.00. The van der Waals surface area contributed by atoms with E-state index in [1.807, 2.05) is 36.4 Å². The SMILES string of the molecule is O=C1c2cc(CO)sc2CCC1CNCC(O)COc1ccccc1. The molecule has 134 valence electrons. The lowest BCUT2D eigenvalue weighted by Gasteiger charge is -2.22. The Bertz CT molecular complexity index is 701. The number of carbonyl (C=O) groups excluding carboxylic acids is 1. The lowest BCUT2D eigenvalue weighted by Crippen LogP contribution is -2.37. The Labute approximate surface area is 151 Å². The van der Waals surface area contributed by atoms with E-state index in [0.29, 0.717) is 13.1 Å². The molecule has 2 unspecified atom stereocenters. The second-order valence-electron chi connectivity index (χ2n) is 6.24. The van der Waals surface area contributed by atoms with Crippen molar-refractivity contribution in [3.05, 3.63) is 51.7 Å². The summed E-state index contributed by atoms with van der Waals surface area (Å²) in [6.07, 6.45) is 1.05. The van der Waals surface area contributed by atoms with Gasteiger partial charge in [-0.2, -0.15) is 0 Å². The summed E-state index contributed by atoms with van der Waals surface area (Å²) in [4.78, 5) is 14.5. The van der Waals surface area contributed by atoms with Crippen LogP contribution >= 0.6 is 11.3 Å². The number of carbonyl (C=O) groups is 1. The van der Waals surface area contributed by atoms with Crippen LogP contribution in [-0.2, 0) is 13.0 Å². The van der Waals surface area contributed by atoms with Gasteiger partial charge in [-0.05, 0) is 31.0 Å². The van der Waals surface area contributed by atoms with Gasteiger partial charge in [-0.3, -0.25) is 4.79 Å². The average molecular weight is 361 g/mol. The summed E-state index contributed by atoms with van der Waals surface area (Å²) in [5.74, 6) is 0.796. The lowest BCUT2D eigenvalue weighted by molar-refractivity contribution is 0.0878. The molecule has 0 spiro atoms. The van der Waals surface area contributed by atoms with Crippen LogP contribution in [0.5, 0.6) is 5.75 Å². The van der Waals surface area contributed by atoms with Crippen molar-refractivity contribution in [1.29, 1.82) is 0 Å². The number of para-hydroxylation sites is 1. The Morgan fingerprint density at radius 3 is 2.88 bits per heavy atom. The molecule has 1 aliphatic carbocycles. The van der Waals surface area contributed by atoms with Crippen molar-refractivity contribution in [2.45, 2.75) is 25.6 Å². The molecule has 0 amide bonds. The maximum atomic E-state index is 12.5. The molecule has 5 nitrogen and oxygen atoms in total. The highest BCUT2D eigenvalue weighted by Gasteiger charge is 2.29. The fourth-order valence-corrected chi connectivity index (χ4v) is 4.05. The summed E-state index contributed by atoms with van der Waals surface area (Å²) in [7, 11) is 0. The number of aliphatic hydroxyl groups excluding tert-OH is 2. The van der Waals surface area contributed by atoms with Gasteiger partial charge in [0.1, 0.15) is 18.5 Å². The van der Waals surface area contributed by atoms with E-state index in [0.717, 1.165) is 33.9 Å². The first kappa shape index (κ1) is 18.1. The topological polar surface area (TPSA) is 78.8 Å². The zero-order valence-corrected chi connectivity index (χ0v) is 14.8. The zero-order chi connectivity index (χ0) is 17.6. The summed E-state index contributed by atoms with van der Waals surface area (Å²) < 4.78 is 5.51. The molecule has 0 saturated heterocycles. The first-order valence-corrected chi connectivity index (χ1v) is 9.32. The standard InChI is InChI=1S/C19H23NO4S/c21-11-16-8-17-18(25-16)7-6-13(19(17)23)9-20-10-14(22)12-24-15-4-2-1-3-5-15/h1-5,8,13-14,20-22H,6-7,9-12H2. The largest absolute Gasteiger partial charge is 0.491 e. The lowest BCUT2D eigenvalue weighted by atomic mass is 9.87. The van der Waals surface area contributed by atoms with Crippen LogP contribution in [-0.4, -0.2) is 41.8 Å². The highest BCUT2D eigenvalue weighted by molar-refractivity contribution is 7.12. The number of ether oxygens (including phenoxy) is 1. The molecule has 0 radical (unpaired) electrons. The number of nitrogens with one attached hydrogen (secondary N) is 1. The molecule has 1 aliphatic rings. The molecule has 0 fully saturated rings. The van der Waals surface area contributed by atoms with Crippen molar-refractivity contribution in [3.8, 4) is 5.75 Å². The summed E-state index contributed by atoms with van der Waals surface area (Å²) in [5.41, 5.74) is 0.764. The molecular formula is C19H23NO4S. The van der Waals surface area contributed by atoms with E-state index in [2.05, 4.69) is 5.32 Å². The van der Waals surface area contributed by atoms with Crippen LogP contribution in [0.2, 0.25) is 0 Å².